The van der Waals surface area contributed by atoms with Crippen LogP contribution in [0, 0.1) is 12.8 Å². The molecule has 24 heavy (non-hydrogen) atoms. The molecule has 3 nitrogen and oxygen atoms in total. The van der Waals surface area contributed by atoms with Gasteiger partial charge in [0.15, 0.2) is 0 Å². The second-order valence-electron chi connectivity index (χ2n) is 6.65. The topological polar surface area (TPSA) is 27.3 Å². The zero-order valence-corrected chi connectivity index (χ0v) is 15.2. The van der Waals surface area contributed by atoms with E-state index in [4.69, 9.17) is 11.6 Å². The molecule has 0 aromatic heterocycles. The maximum absolute atomic E-state index is 6.23. The molecule has 0 atom stereocenters. The van der Waals surface area contributed by atoms with Gasteiger partial charge in [0.2, 0.25) is 0 Å². The van der Waals surface area contributed by atoms with Crippen LogP contribution in [0.25, 0.3) is 11.1 Å². The number of anilines is 1. The Kier molecular flexibility index (Phi) is 5.12. The van der Waals surface area contributed by atoms with Gasteiger partial charge in [0.05, 0.1) is 5.69 Å². The highest BCUT2D eigenvalue weighted by molar-refractivity contribution is 6.31. The van der Waals surface area contributed by atoms with Gasteiger partial charge >= 0.3 is 0 Å². The Morgan fingerprint density at radius 3 is 2.54 bits per heavy atom. The van der Waals surface area contributed by atoms with E-state index in [2.05, 4.69) is 68.3 Å². The van der Waals surface area contributed by atoms with Crippen molar-refractivity contribution in [2.75, 3.05) is 5.01 Å². The van der Waals surface area contributed by atoms with Crippen LogP contribution in [0.3, 0.4) is 0 Å². The summed E-state index contributed by atoms with van der Waals surface area (Å²) in [7, 11) is 0. The van der Waals surface area contributed by atoms with Crippen LogP contribution in [0.1, 0.15) is 32.3 Å². The number of halogens is 1. The number of nitrogens with one attached hydrogen (secondary N) is 2. The summed E-state index contributed by atoms with van der Waals surface area (Å²) < 4.78 is 0. The van der Waals surface area contributed by atoms with Crippen molar-refractivity contribution in [1.82, 2.24) is 11.0 Å². The lowest BCUT2D eigenvalue weighted by Gasteiger charge is -2.16. The third-order valence-electron chi connectivity index (χ3n) is 4.34. The van der Waals surface area contributed by atoms with Crippen LogP contribution >= 0.6 is 11.6 Å². The average molecular weight is 342 g/mol. The molecule has 0 saturated heterocycles. The first-order valence-corrected chi connectivity index (χ1v) is 8.79. The largest absolute Gasteiger partial charge is 0.306 e. The van der Waals surface area contributed by atoms with Crippen LogP contribution < -0.4 is 16.0 Å². The lowest BCUT2D eigenvalue weighted by Crippen LogP contribution is -2.36. The van der Waals surface area contributed by atoms with Crippen molar-refractivity contribution in [3.05, 3.63) is 64.9 Å². The minimum Gasteiger partial charge on any atom is -0.306 e. The Bertz CT molecular complexity index is 735. The third-order valence-corrected chi connectivity index (χ3v) is 4.75. The van der Waals surface area contributed by atoms with Gasteiger partial charge in [0.1, 0.15) is 0 Å². The van der Waals surface area contributed by atoms with E-state index in [-0.39, 0.29) is 0 Å². The van der Waals surface area contributed by atoms with Gasteiger partial charge in [-0.15, -0.1) is 5.53 Å². The average Bonchev–Trinajstić information content (AvgIpc) is 3.05. The van der Waals surface area contributed by atoms with Crippen LogP contribution in [-0.4, -0.2) is 0 Å². The Balaban J connectivity index is 1.74. The van der Waals surface area contributed by atoms with E-state index >= 15 is 0 Å². The molecule has 1 heterocycles. The summed E-state index contributed by atoms with van der Waals surface area (Å²) in [4.78, 5) is 0. The molecule has 0 radical (unpaired) electrons. The summed E-state index contributed by atoms with van der Waals surface area (Å²) >= 11 is 6.23. The molecule has 126 valence electrons. The molecule has 1 aliphatic heterocycles. The van der Waals surface area contributed by atoms with Crippen LogP contribution in [0.2, 0.25) is 5.02 Å². The fraction of sp³-hybridized carbons (Fsp3) is 0.300. The number of allylic oxidation sites excluding steroid dienone is 1. The maximum atomic E-state index is 6.23. The lowest BCUT2D eigenvalue weighted by molar-refractivity contribution is 0.557. The second-order valence-corrected chi connectivity index (χ2v) is 7.06. The van der Waals surface area contributed by atoms with Gasteiger partial charge in [0.25, 0.3) is 0 Å². The normalized spacial score (nSPS) is 14.0. The lowest BCUT2D eigenvalue weighted by atomic mass is 10.0. The summed E-state index contributed by atoms with van der Waals surface area (Å²) in [5.74, 6) is 0.710. The first-order chi connectivity index (χ1) is 11.5. The van der Waals surface area contributed by atoms with Crippen molar-refractivity contribution in [2.45, 2.75) is 33.6 Å². The van der Waals surface area contributed by atoms with E-state index < -0.39 is 0 Å². The number of rotatable bonds is 5. The standard InChI is InChI=1S/C20H24ClN3/c1-14(2)7-10-17-13-24(23-22-17)18-11-8-16(9-12-18)19-5-4-6-20(21)15(19)3/h4-6,8-9,11-14,22-23H,7,10H2,1-3H3. The van der Waals surface area contributed by atoms with E-state index in [1.807, 2.05) is 17.1 Å². The summed E-state index contributed by atoms with van der Waals surface area (Å²) in [5.41, 5.74) is 12.2. The molecule has 2 aromatic carbocycles. The molecule has 0 saturated carbocycles. The van der Waals surface area contributed by atoms with Crippen molar-refractivity contribution in [1.29, 1.82) is 0 Å². The molecule has 4 heteroatoms. The van der Waals surface area contributed by atoms with E-state index in [9.17, 15) is 0 Å². The van der Waals surface area contributed by atoms with Gasteiger partial charge in [0, 0.05) is 16.9 Å². The predicted octanol–water partition coefficient (Wildman–Crippen LogP) is 5.42. The van der Waals surface area contributed by atoms with Crippen molar-refractivity contribution in [2.24, 2.45) is 5.92 Å². The number of benzene rings is 2. The summed E-state index contributed by atoms with van der Waals surface area (Å²) in [6.07, 6.45) is 4.37. The van der Waals surface area contributed by atoms with Crippen LogP contribution in [0.15, 0.2) is 54.4 Å². The molecule has 0 fully saturated rings. The first kappa shape index (κ1) is 16.9. The van der Waals surface area contributed by atoms with E-state index in [1.165, 1.54) is 23.2 Å². The van der Waals surface area contributed by atoms with Crippen molar-refractivity contribution in [3.63, 3.8) is 0 Å². The van der Waals surface area contributed by atoms with Crippen molar-refractivity contribution < 1.29 is 0 Å². The monoisotopic (exact) mass is 341 g/mol. The Morgan fingerprint density at radius 1 is 1.08 bits per heavy atom. The summed E-state index contributed by atoms with van der Waals surface area (Å²) in [5, 5.41) is 2.82. The van der Waals surface area contributed by atoms with Crippen LogP contribution in [0.5, 0.6) is 0 Å². The molecule has 0 unspecified atom stereocenters. The van der Waals surface area contributed by atoms with Gasteiger partial charge in [-0.3, -0.25) is 5.01 Å². The predicted molar refractivity (Wildman–Crippen MR) is 103 cm³/mol. The molecule has 0 bridgehead atoms. The van der Waals surface area contributed by atoms with Gasteiger partial charge in [-0.05, 0) is 60.6 Å². The second kappa shape index (κ2) is 7.29. The molecule has 0 aliphatic carbocycles. The summed E-state index contributed by atoms with van der Waals surface area (Å²) in [6, 6.07) is 14.5. The first-order valence-electron chi connectivity index (χ1n) is 8.41. The highest BCUT2D eigenvalue weighted by atomic mass is 35.5. The molecular formula is C20H24ClN3. The number of nitrogens with zero attached hydrogens (tertiary/aromatic N) is 1. The highest BCUT2D eigenvalue weighted by Gasteiger charge is 2.13. The minimum atomic E-state index is 0.710. The van der Waals surface area contributed by atoms with Crippen molar-refractivity contribution >= 4 is 17.3 Å². The van der Waals surface area contributed by atoms with Crippen LogP contribution in [0.4, 0.5) is 5.69 Å². The Morgan fingerprint density at radius 2 is 1.83 bits per heavy atom. The highest BCUT2D eigenvalue weighted by Crippen LogP contribution is 2.30. The van der Waals surface area contributed by atoms with Gasteiger partial charge in [-0.2, -0.15) is 0 Å². The molecule has 1 aliphatic rings. The number of hydrogen-bond acceptors (Lipinski definition) is 3. The molecule has 2 N–H and O–H groups in total. The molecule has 2 aromatic rings. The summed E-state index contributed by atoms with van der Waals surface area (Å²) in [6.45, 7) is 6.55. The molecule has 3 rings (SSSR count). The Labute approximate surface area is 149 Å². The van der Waals surface area contributed by atoms with E-state index in [1.54, 1.807) is 0 Å². The zero-order chi connectivity index (χ0) is 17.1. The quantitative estimate of drug-likeness (QED) is 0.760. The van der Waals surface area contributed by atoms with Crippen molar-refractivity contribution in [3.8, 4) is 11.1 Å². The number of hydrazine groups is 2. The van der Waals surface area contributed by atoms with Gasteiger partial charge in [-0.1, -0.05) is 49.7 Å². The smallest absolute Gasteiger partial charge is 0.0589 e. The zero-order valence-electron chi connectivity index (χ0n) is 14.4. The van der Waals surface area contributed by atoms with Gasteiger partial charge < -0.3 is 5.43 Å². The van der Waals surface area contributed by atoms with E-state index in [0.29, 0.717) is 5.92 Å². The molecular weight excluding hydrogens is 318 g/mol. The SMILES string of the molecule is Cc1c(Cl)cccc1-c1ccc(N2C=C(CCC(C)C)NN2)cc1. The molecule has 0 amide bonds. The number of hydrogen-bond donors (Lipinski definition) is 2. The van der Waals surface area contributed by atoms with Gasteiger partial charge in [-0.25, -0.2) is 0 Å². The minimum absolute atomic E-state index is 0.710. The van der Waals surface area contributed by atoms with Crippen LogP contribution in [-0.2, 0) is 0 Å². The fourth-order valence-corrected chi connectivity index (χ4v) is 2.96. The molecule has 0 spiro atoms. The maximum Gasteiger partial charge on any atom is 0.0589 e. The van der Waals surface area contributed by atoms with E-state index in [0.717, 1.165) is 22.7 Å². The third kappa shape index (κ3) is 3.74. The fourth-order valence-electron chi connectivity index (χ4n) is 2.78. The Hall–Kier alpha value is -1.97.